The van der Waals surface area contributed by atoms with Gasteiger partial charge in [-0.15, -0.1) is 0 Å². The van der Waals surface area contributed by atoms with Crippen molar-refractivity contribution in [2.24, 2.45) is 5.10 Å². The molecular weight excluding hydrogens is 418 g/mol. The normalized spacial score (nSPS) is 15.1. The highest BCUT2D eigenvalue weighted by Gasteiger charge is 2.35. The number of hydrazone groups is 1. The van der Waals surface area contributed by atoms with Gasteiger partial charge in [0.2, 0.25) is 0 Å². The Kier molecular flexibility index (Phi) is 7.12. The molecule has 0 aliphatic carbocycles. The van der Waals surface area contributed by atoms with Gasteiger partial charge in [-0.05, 0) is 23.8 Å². The third kappa shape index (κ3) is 5.27. The third-order valence-corrected chi connectivity index (χ3v) is 5.32. The number of carbonyl (C=O) groups is 2. The average molecular weight is 444 g/mol. The Hall–Kier alpha value is -3.97. The van der Waals surface area contributed by atoms with Crippen LogP contribution in [0.25, 0.3) is 0 Å². The number of hydrogen-bond donors (Lipinski definition) is 2. The zero-order chi connectivity index (χ0) is 23.0. The zero-order valence-corrected chi connectivity index (χ0v) is 18.1. The molecule has 3 aromatic carbocycles. The SMILES string of the molecule is O=C(COc1ccccc1[C@H]1CC(c2ccccc2)=NN1C(=O)c1ccccc1)NCCO. The Bertz CT molecular complexity index is 1130. The summed E-state index contributed by atoms with van der Waals surface area (Å²) in [6.07, 6.45) is 0.514. The standard InChI is InChI=1S/C26H25N3O4/c30-16-15-27-25(31)18-33-24-14-8-7-13-21(24)23-17-22(19-9-3-1-4-10-19)28-29(23)26(32)20-11-5-2-6-12-20/h1-14,23,30H,15-18H2,(H,27,31)/t23-/m1/s1. The van der Waals surface area contributed by atoms with Crippen molar-refractivity contribution in [1.82, 2.24) is 10.3 Å². The zero-order valence-electron chi connectivity index (χ0n) is 18.1. The van der Waals surface area contributed by atoms with Crippen LogP contribution in [0.4, 0.5) is 0 Å². The lowest BCUT2D eigenvalue weighted by Crippen LogP contribution is -2.31. The number of amides is 2. The van der Waals surface area contributed by atoms with Gasteiger partial charge in [0.15, 0.2) is 6.61 Å². The fraction of sp³-hybridized carbons (Fsp3) is 0.192. The molecule has 4 rings (SSSR count). The van der Waals surface area contributed by atoms with Gasteiger partial charge < -0.3 is 15.2 Å². The number of rotatable bonds is 8. The highest BCUT2D eigenvalue weighted by atomic mass is 16.5. The molecule has 0 aromatic heterocycles. The Morgan fingerprint density at radius 3 is 2.36 bits per heavy atom. The molecule has 33 heavy (non-hydrogen) atoms. The van der Waals surface area contributed by atoms with Crippen molar-refractivity contribution < 1.29 is 19.4 Å². The van der Waals surface area contributed by atoms with E-state index in [4.69, 9.17) is 14.9 Å². The molecule has 0 fully saturated rings. The predicted molar refractivity (Wildman–Crippen MR) is 125 cm³/mol. The van der Waals surface area contributed by atoms with Crippen molar-refractivity contribution in [3.05, 3.63) is 102 Å². The first-order valence-corrected chi connectivity index (χ1v) is 10.8. The van der Waals surface area contributed by atoms with Crippen LogP contribution in [0.1, 0.15) is 33.9 Å². The first-order valence-electron chi connectivity index (χ1n) is 10.8. The predicted octanol–water partition coefficient (Wildman–Crippen LogP) is 3.17. The second kappa shape index (κ2) is 10.6. The maximum absolute atomic E-state index is 13.4. The summed E-state index contributed by atoms with van der Waals surface area (Å²) in [4.78, 5) is 25.4. The molecule has 7 heteroatoms. The van der Waals surface area contributed by atoms with Crippen molar-refractivity contribution in [2.75, 3.05) is 19.8 Å². The van der Waals surface area contributed by atoms with E-state index in [1.165, 1.54) is 5.01 Å². The molecule has 0 spiro atoms. The molecule has 0 saturated heterocycles. The second-order valence-electron chi connectivity index (χ2n) is 7.55. The highest BCUT2D eigenvalue weighted by molar-refractivity contribution is 6.05. The summed E-state index contributed by atoms with van der Waals surface area (Å²) in [5.41, 5.74) is 3.07. The van der Waals surface area contributed by atoms with Crippen molar-refractivity contribution in [3.8, 4) is 5.75 Å². The smallest absolute Gasteiger partial charge is 0.274 e. The van der Waals surface area contributed by atoms with Crippen LogP contribution in [0.5, 0.6) is 5.75 Å². The van der Waals surface area contributed by atoms with Crippen LogP contribution >= 0.6 is 0 Å². The molecule has 3 aromatic rings. The number of aliphatic hydroxyl groups is 1. The fourth-order valence-electron chi connectivity index (χ4n) is 3.73. The van der Waals surface area contributed by atoms with Crippen LogP contribution in [0, 0.1) is 0 Å². The number of hydrogen-bond acceptors (Lipinski definition) is 5. The topological polar surface area (TPSA) is 91.2 Å². The van der Waals surface area contributed by atoms with Crippen LogP contribution in [0.3, 0.4) is 0 Å². The molecule has 0 radical (unpaired) electrons. The fourth-order valence-corrected chi connectivity index (χ4v) is 3.73. The minimum absolute atomic E-state index is 0.138. The number of benzene rings is 3. The highest BCUT2D eigenvalue weighted by Crippen LogP contribution is 2.38. The van der Waals surface area contributed by atoms with Gasteiger partial charge in [0, 0.05) is 24.1 Å². The Labute approximate surface area is 192 Å². The van der Waals surface area contributed by atoms with Crippen LogP contribution in [-0.2, 0) is 4.79 Å². The molecule has 2 amide bonds. The molecular formula is C26H25N3O4. The van der Waals surface area contributed by atoms with Crippen LogP contribution in [0.15, 0.2) is 90.0 Å². The number of carbonyl (C=O) groups excluding carboxylic acids is 2. The third-order valence-electron chi connectivity index (χ3n) is 5.32. The lowest BCUT2D eigenvalue weighted by molar-refractivity contribution is -0.123. The van der Waals surface area contributed by atoms with Crippen molar-refractivity contribution in [1.29, 1.82) is 0 Å². The van der Waals surface area contributed by atoms with Gasteiger partial charge in [0.05, 0.1) is 18.4 Å². The molecule has 0 saturated carbocycles. The molecule has 0 bridgehead atoms. The summed E-state index contributed by atoms with van der Waals surface area (Å²) < 4.78 is 5.80. The molecule has 7 nitrogen and oxygen atoms in total. The number of ether oxygens (including phenoxy) is 1. The largest absolute Gasteiger partial charge is 0.483 e. The van der Waals surface area contributed by atoms with Gasteiger partial charge in [-0.3, -0.25) is 9.59 Å². The van der Waals surface area contributed by atoms with E-state index in [2.05, 4.69) is 5.32 Å². The number of para-hydroxylation sites is 1. The van der Waals surface area contributed by atoms with Crippen LogP contribution < -0.4 is 10.1 Å². The van der Waals surface area contributed by atoms with Gasteiger partial charge in [-0.1, -0.05) is 66.7 Å². The van der Waals surface area contributed by atoms with E-state index in [-0.39, 0.29) is 37.6 Å². The van der Waals surface area contributed by atoms with Gasteiger partial charge >= 0.3 is 0 Å². The Balaban J connectivity index is 1.64. The van der Waals surface area contributed by atoms with Crippen LogP contribution in [0.2, 0.25) is 0 Å². The molecule has 1 heterocycles. The minimum Gasteiger partial charge on any atom is -0.483 e. The summed E-state index contributed by atoms with van der Waals surface area (Å²) >= 11 is 0. The number of nitrogens with zero attached hydrogens (tertiary/aromatic N) is 2. The van der Waals surface area contributed by atoms with E-state index >= 15 is 0 Å². The first kappa shape index (κ1) is 22.2. The van der Waals surface area contributed by atoms with Crippen molar-refractivity contribution >= 4 is 17.5 Å². The van der Waals surface area contributed by atoms with Gasteiger partial charge in [-0.25, -0.2) is 5.01 Å². The summed E-state index contributed by atoms with van der Waals surface area (Å²) in [5, 5.41) is 17.7. The molecule has 1 aliphatic heterocycles. The lowest BCUT2D eigenvalue weighted by atomic mass is 9.97. The minimum atomic E-state index is -0.385. The van der Waals surface area contributed by atoms with Crippen molar-refractivity contribution in [3.63, 3.8) is 0 Å². The van der Waals surface area contributed by atoms with E-state index in [0.29, 0.717) is 17.7 Å². The van der Waals surface area contributed by atoms with Gasteiger partial charge in [0.1, 0.15) is 5.75 Å². The second-order valence-corrected chi connectivity index (χ2v) is 7.55. The molecule has 0 unspecified atom stereocenters. The van der Waals surface area contributed by atoms with E-state index in [1.54, 1.807) is 18.2 Å². The molecule has 168 valence electrons. The maximum atomic E-state index is 13.4. The summed E-state index contributed by atoms with van der Waals surface area (Å²) in [7, 11) is 0. The molecule has 1 atom stereocenters. The Morgan fingerprint density at radius 1 is 0.970 bits per heavy atom. The quantitative estimate of drug-likeness (QED) is 0.560. The maximum Gasteiger partial charge on any atom is 0.274 e. The lowest BCUT2D eigenvalue weighted by Gasteiger charge is -2.24. The van der Waals surface area contributed by atoms with Gasteiger partial charge in [-0.2, -0.15) is 5.10 Å². The number of aliphatic hydroxyl groups excluding tert-OH is 1. The Morgan fingerprint density at radius 2 is 1.64 bits per heavy atom. The summed E-state index contributed by atoms with van der Waals surface area (Å²) in [6.45, 7) is -0.163. The average Bonchev–Trinajstić information content (AvgIpc) is 3.32. The number of nitrogens with one attached hydrogen (secondary N) is 1. The summed E-state index contributed by atoms with van der Waals surface area (Å²) in [5.74, 6) is -0.0252. The van der Waals surface area contributed by atoms with E-state index < -0.39 is 0 Å². The molecule has 1 aliphatic rings. The van der Waals surface area contributed by atoms with Gasteiger partial charge in [0.25, 0.3) is 11.8 Å². The van der Waals surface area contributed by atoms with Crippen LogP contribution in [-0.4, -0.2) is 47.4 Å². The first-order chi connectivity index (χ1) is 16.2. The molecule has 2 N–H and O–H groups in total. The monoisotopic (exact) mass is 443 g/mol. The van der Waals surface area contributed by atoms with E-state index in [9.17, 15) is 9.59 Å². The van der Waals surface area contributed by atoms with Crippen molar-refractivity contribution in [2.45, 2.75) is 12.5 Å². The summed E-state index contributed by atoms with van der Waals surface area (Å²) in [6, 6.07) is 25.8. The van der Waals surface area contributed by atoms with E-state index in [0.717, 1.165) is 16.8 Å². The van der Waals surface area contributed by atoms with E-state index in [1.807, 2.05) is 66.7 Å².